The van der Waals surface area contributed by atoms with Gasteiger partial charge in [0.25, 0.3) is 0 Å². The van der Waals surface area contributed by atoms with Gasteiger partial charge in [-0.3, -0.25) is 0 Å². The molecule has 1 saturated carbocycles. The van der Waals surface area contributed by atoms with Crippen molar-refractivity contribution in [2.75, 3.05) is 24.5 Å². The molecule has 1 fully saturated rings. The predicted molar refractivity (Wildman–Crippen MR) is 86.8 cm³/mol. The summed E-state index contributed by atoms with van der Waals surface area (Å²) in [5.74, 6) is 0.928. The van der Waals surface area contributed by atoms with Gasteiger partial charge in [-0.25, -0.2) is 0 Å². The third-order valence-electron chi connectivity index (χ3n) is 3.67. The SMILES string of the molecule is CCCNCc1ccc(N(CC)CC2CC2)c(Br)c1. The molecular formula is C16H25BrN2. The van der Waals surface area contributed by atoms with E-state index >= 15 is 0 Å². The zero-order chi connectivity index (χ0) is 13.7. The van der Waals surface area contributed by atoms with E-state index in [1.165, 1.54) is 41.5 Å². The van der Waals surface area contributed by atoms with Gasteiger partial charge in [-0.05, 0) is 72.3 Å². The van der Waals surface area contributed by atoms with Crippen molar-refractivity contribution < 1.29 is 0 Å². The van der Waals surface area contributed by atoms with Crippen LogP contribution < -0.4 is 10.2 Å². The minimum Gasteiger partial charge on any atom is -0.371 e. The van der Waals surface area contributed by atoms with Gasteiger partial charge in [0.15, 0.2) is 0 Å². The molecule has 1 aromatic rings. The van der Waals surface area contributed by atoms with Gasteiger partial charge in [-0.2, -0.15) is 0 Å². The molecule has 2 rings (SSSR count). The lowest BCUT2D eigenvalue weighted by Crippen LogP contribution is -2.25. The second kappa shape index (κ2) is 7.30. The maximum atomic E-state index is 3.74. The summed E-state index contributed by atoms with van der Waals surface area (Å²) in [4.78, 5) is 2.49. The Balaban J connectivity index is 1.99. The standard InChI is InChI=1S/C16H25BrN2/c1-3-9-18-11-14-7-8-16(15(17)10-14)19(4-2)12-13-5-6-13/h7-8,10,13,18H,3-6,9,11-12H2,1-2H3. The molecular weight excluding hydrogens is 300 g/mol. The van der Waals surface area contributed by atoms with Crippen molar-refractivity contribution in [3.8, 4) is 0 Å². The fraction of sp³-hybridized carbons (Fsp3) is 0.625. The van der Waals surface area contributed by atoms with Crippen LogP contribution in [0.4, 0.5) is 5.69 Å². The molecule has 1 aliphatic carbocycles. The van der Waals surface area contributed by atoms with Gasteiger partial charge in [0.05, 0.1) is 5.69 Å². The Morgan fingerprint density at radius 1 is 1.32 bits per heavy atom. The van der Waals surface area contributed by atoms with Crippen LogP contribution in [-0.4, -0.2) is 19.6 Å². The number of nitrogens with one attached hydrogen (secondary N) is 1. The predicted octanol–water partition coefficient (Wildman–Crippen LogP) is 4.19. The van der Waals surface area contributed by atoms with Crippen LogP contribution in [0.15, 0.2) is 22.7 Å². The Kier molecular flexibility index (Phi) is 5.71. The Bertz CT molecular complexity index is 402. The van der Waals surface area contributed by atoms with Gasteiger partial charge in [-0.1, -0.05) is 13.0 Å². The Morgan fingerprint density at radius 2 is 2.11 bits per heavy atom. The molecule has 1 N–H and O–H groups in total. The highest BCUT2D eigenvalue weighted by Crippen LogP contribution is 2.34. The van der Waals surface area contributed by atoms with Crippen LogP contribution >= 0.6 is 15.9 Å². The van der Waals surface area contributed by atoms with E-state index in [2.05, 4.69) is 58.2 Å². The molecule has 106 valence electrons. The normalized spacial score (nSPS) is 14.7. The molecule has 0 bridgehead atoms. The molecule has 0 saturated heterocycles. The second-order valence-electron chi connectivity index (χ2n) is 5.44. The van der Waals surface area contributed by atoms with Crippen LogP contribution in [0.25, 0.3) is 0 Å². The molecule has 0 aromatic heterocycles. The van der Waals surface area contributed by atoms with Crippen LogP contribution in [0.3, 0.4) is 0 Å². The molecule has 0 spiro atoms. The van der Waals surface area contributed by atoms with E-state index in [1.807, 2.05) is 0 Å². The summed E-state index contributed by atoms with van der Waals surface area (Å²) in [6.45, 7) is 8.78. The number of hydrogen-bond donors (Lipinski definition) is 1. The quantitative estimate of drug-likeness (QED) is 0.721. The highest BCUT2D eigenvalue weighted by atomic mass is 79.9. The summed E-state index contributed by atoms with van der Waals surface area (Å²) in [6.07, 6.45) is 4.00. The highest BCUT2D eigenvalue weighted by Gasteiger charge is 2.24. The molecule has 2 nitrogen and oxygen atoms in total. The van der Waals surface area contributed by atoms with E-state index in [0.29, 0.717) is 0 Å². The van der Waals surface area contributed by atoms with E-state index < -0.39 is 0 Å². The monoisotopic (exact) mass is 324 g/mol. The average Bonchev–Trinajstić information content (AvgIpc) is 3.21. The minimum atomic E-state index is 0.928. The summed E-state index contributed by atoms with van der Waals surface area (Å²) in [6, 6.07) is 6.77. The highest BCUT2D eigenvalue weighted by molar-refractivity contribution is 9.10. The van der Waals surface area contributed by atoms with Crippen molar-refractivity contribution in [1.29, 1.82) is 0 Å². The largest absolute Gasteiger partial charge is 0.371 e. The zero-order valence-corrected chi connectivity index (χ0v) is 13.7. The summed E-state index contributed by atoms with van der Waals surface area (Å²) in [7, 11) is 0. The molecule has 19 heavy (non-hydrogen) atoms. The zero-order valence-electron chi connectivity index (χ0n) is 12.1. The molecule has 1 aromatic carbocycles. The Labute approximate surface area is 125 Å². The maximum absolute atomic E-state index is 3.74. The van der Waals surface area contributed by atoms with Gasteiger partial charge in [0.1, 0.15) is 0 Å². The Hall–Kier alpha value is -0.540. The summed E-state index contributed by atoms with van der Waals surface area (Å²) in [5, 5.41) is 3.45. The van der Waals surface area contributed by atoms with E-state index in [-0.39, 0.29) is 0 Å². The second-order valence-corrected chi connectivity index (χ2v) is 6.30. The first kappa shape index (κ1) is 14.9. The topological polar surface area (TPSA) is 15.3 Å². The number of halogens is 1. The molecule has 0 radical (unpaired) electrons. The number of hydrogen-bond acceptors (Lipinski definition) is 2. The van der Waals surface area contributed by atoms with Gasteiger partial charge in [0.2, 0.25) is 0 Å². The van der Waals surface area contributed by atoms with Crippen molar-refractivity contribution >= 4 is 21.6 Å². The molecule has 0 aliphatic heterocycles. The summed E-state index contributed by atoms with van der Waals surface area (Å²) >= 11 is 3.74. The average molecular weight is 325 g/mol. The van der Waals surface area contributed by atoms with E-state index in [0.717, 1.165) is 25.6 Å². The fourth-order valence-corrected chi connectivity index (χ4v) is 3.01. The van der Waals surface area contributed by atoms with Crippen LogP contribution in [0.2, 0.25) is 0 Å². The molecule has 0 amide bonds. The van der Waals surface area contributed by atoms with E-state index in [9.17, 15) is 0 Å². The lowest BCUT2D eigenvalue weighted by molar-refractivity contribution is 0.675. The van der Waals surface area contributed by atoms with E-state index in [4.69, 9.17) is 0 Å². The third kappa shape index (κ3) is 4.50. The molecule has 0 heterocycles. The van der Waals surface area contributed by atoms with Crippen molar-refractivity contribution in [2.24, 2.45) is 5.92 Å². The van der Waals surface area contributed by atoms with Crippen molar-refractivity contribution in [3.05, 3.63) is 28.2 Å². The lowest BCUT2D eigenvalue weighted by atomic mass is 10.2. The van der Waals surface area contributed by atoms with Gasteiger partial charge in [-0.15, -0.1) is 0 Å². The lowest BCUT2D eigenvalue weighted by Gasteiger charge is -2.24. The number of benzene rings is 1. The molecule has 3 heteroatoms. The number of anilines is 1. The molecule has 1 aliphatic rings. The first-order valence-corrected chi connectivity index (χ1v) is 8.28. The van der Waals surface area contributed by atoms with Crippen LogP contribution in [0.1, 0.15) is 38.7 Å². The molecule has 0 unspecified atom stereocenters. The van der Waals surface area contributed by atoms with Crippen LogP contribution in [0, 0.1) is 5.92 Å². The van der Waals surface area contributed by atoms with Gasteiger partial charge in [0, 0.05) is 24.1 Å². The number of nitrogens with zero attached hydrogens (tertiary/aromatic N) is 1. The Morgan fingerprint density at radius 3 is 2.68 bits per heavy atom. The van der Waals surface area contributed by atoms with Gasteiger partial charge < -0.3 is 10.2 Å². The van der Waals surface area contributed by atoms with Crippen molar-refractivity contribution in [2.45, 2.75) is 39.7 Å². The minimum absolute atomic E-state index is 0.928. The van der Waals surface area contributed by atoms with E-state index in [1.54, 1.807) is 0 Å². The van der Waals surface area contributed by atoms with Crippen molar-refractivity contribution in [3.63, 3.8) is 0 Å². The van der Waals surface area contributed by atoms with Gasteiger partial charge >= 0.3 is 0 Å². The summed E-state index contributed by atoms with van der Waals surface area (Å²) in [5.41, 5.74) is 2.69. The smallest absolute Gasteiger partial charge is 0.0510 e. The number of rotatable bonds is 8. The fourth-order valence-electron chi connectivity index (χ4n) is 2.34. The van der Waals surface area contributed by atoms with Crippen molar-refractivity contribution in [1.82, 2.24) is 5.32 Å². The van der Waals surface area contributed by atoms with Crippen LogP contribution in [-0.2, 0) is 6.54 Å². The first-order chi connectivity index (χ1) is 9.24. The maximum Gasteiger partial charge on any atom is 0.0510 e. The third-order valence-corrected chi connectivity index (χ3v) is 4.30. The first-order valence-electron chi connectivity index (χ1n) is 7.48. The summed E-state index contributed by atoms with van der Waals surface area (Å²) < 4.78 is 1.23. The molecule has 0 atom stereocenters. The van der Waals surface area contributed by atoms with Crippen LogP contribution in [0.5, 0.6) is 0 Å².